The van der Waals surface area contributed by atoms with Crippen molar-refractivity contribution in [3.63, 3.8) is 0 Å². The van der Waals surface area contributed by atoms with Crippen LogP contribution in [0.25, 0.3) is 0 Å². The SMILES string of the molecule is CCc1ccc(Oc2ccnc(C(=O)O)c2)cc1. The van der Waals surface area contributed by atoms with Crippen LogP contribution in [0.4, 0.5) is 0 Å². The number of benzene rings is 1. The molecule has 0 unspecified atom stereocenters. The van der Waals surface area contributed by atoms with Crippen LogP contribution in [0.2, 0.25) is 0 Å². The van der Waals surface area contributed by atoms with E-state index in [9.17, 15) is 4.79 Å². The van der Waals surface area contributed by atoms with Gasteiger partial charge in [0.15, 0.2) is 5.69 Å². The van der Waals surface area contributed by atoms with Gasteiger partial charge in [-0.1, -0.05) is 19.1 Å². The molecule has 0 amide bonds. The summed E-state index contributed by atoms with van der Waals surface area (Å²) in [4.78, 5) is 14.5. The molecular weight excluding hydrogens is 230 g/mol. The van der Waals surface area contributed by atoms with Gasteiger partial charge >= 0.3 is 5.97 Å². The molecule has 0 spiro atoms. The zero-order chi connectivity index (χ0) is 13.0. The fourth-order valence-corrected chi connectivity index (χ4v) is 1.52. The lowest BCUT2D eigenvalue weighted by Crippen LogP contribution is -1.99. The third-order valence-corrected chi connectivity index (χ3v) is 2.52. The third kappa shape index (κ3) is 2.85. The average Bonchev–Trinajstić information content (AvgIpc) is 2.40. The van der Waals surface area contributed by atoms with E-state index in [0.717, 1.165) is 6.42 Å². The first kappa shape index (κ1) is 12.1. The highest BCUT2D eigenvalue weighted by Gasteiger charge is 2.06. The molecule has 2 rings (SSSR count). The van der Waals surface area contributed by atoms with E-state index in [-0.39, 0.29) is 5.69 Å². The summed E-state index contributed by atoms with van der Waals surface area (Å²) in [6, 6.07) is 10.7. The van der Waals surface area contributed by atoms with Crippen LogP contribution in [-0.4, -0.2) is 16.1 Å². The molecular formula is C14H13NO3. The number of carboxylic acid groups (broad SMARTS) is 1. The predicted octanol–water partition coefficient (Wildman–Crippen LogP) is 3.13. The Labute approximate surface area is 105 Å². The van der Waals surface area contributed by atoms with E-state index in [4.69, 9.17) is 9.84 Å². The molecule has 1 N–H and O–H groups in total. The minimum Gasteiger partial charge on any atom is -0.477 e. The second kappa shape index (κ2) is 5.31. The number of pyridine rings is 1. The van der Waals surface area contributed by atoms with Gasteiger partial charge in [-0.15, -0.1) is 0 Å². The van der Waals surface area contributed by atoms with Crippen LogP contribution in [0, 0.1) is 0 Å². The topological polar surface area (TPSA) is 59.4 Å². The van der Waals surface area contributed by atoms with Gasteiger partial charge in [0.1, 0.15) is 11.5 Å². The molecule has 0 aliphatic carbocycles. The maximum atomic E-state index is 10.8. The second-order valence-electron chi connectivity index (χ2n) is 3.78. The van der Waals surface area contributed by atoms with E-state index >= 15 is 0 Å². The van der Waals surface area contributed by atoms with E-state index in [0.29, 0.717) is 11.5 Å². The Morgan fingerprint density at radius 3 is 2.56 bits per heavy atom. The molecule has 0 aliphatic heterocycles. The summed E-state index contributed by atoms with van der Waals surface area (Å²) in [7, 11) is 0. The molecule has 0 radical (unpaired) electrons. The number of ether oxygens (including phenoxy) is 1. The summed E-state index contributed by atoms with van der Waals surface area (Å²) in [5, 5.41) is 8.83. The summed E-state index contributed by atoms with van der Waals surface area (Å²) < 4.78 is 5.57. The van der Waals surface area contributed by atoms with Gasteiger partial charge in [0.2, 0.25) is 0 Å². The van der Waals surface area contributed by atoms with Crippen molar-refractivity contribution in [3.05, 3.63) is 53.9 Å². The van der Waals surface area contributed by atoms with Crippen LogP contribution in [-0.2, 0) is 6.42 Å². The molecule has 92 valence electrons. The fraction of sp³-hybridized carbons (Fsp3) is 0.143. The molecule has 1 aromatic heterocycles. The van der Waals surface area contributed by atoms with Crippen LogP contribution in [0.1, 0.15) is 23.0 Å². The number of carboxylic acids is 1. The number of nitrogens with zero attached hydrogens (tertiary/aromatic N) is 1. The number of carbonyl (C=O) groups is 1. The van der Waals surface area contributed by atoms with E-state index in [2.05, 4.69) is 11.9 Å². The monoisotopic (exact) mass is 243 g/mol. The van der Waals surface area contributed by atoms with Crippen molar-refractivity contribution >= 4 is 5.97 Å². The number of hydrogen-bond acceptors (Lipinski definition) is 3. The molecule has 18 heavy (non-hydrogen) atoms. The lowest BCUT2D eigenvalue weighted by Gasteiger charge is -2.06. The van der Waals surface area contributed by atoms with E-state index < -0.39 is 5.97 Å². The van der Waals surface area contributed by atoms with Crippen molar-refractivity contribution in [1.82, 2.24) is 4.98 Å². The smallest absolute Gasteiger partial charge is 0.354 e. The lowest BCUT2D eigenvalue weighted by molar-refractivity contribution is 0.0690. The molecule has 0 fully saturated rings. The Morgan fingerprint density at radius 2 is 1.94 bits per heavy atom. The van der Waals surface area contributed by atoms with Crippen LogP contribution in [0.15, 0.2) is 42.6 Å². The predicted molar refractivity (Wildman–Crippen MR) is 67.1 cm³/mol. The first-order chi connectivity index (χ1) is 8.69. The molecule has 0 atom stereocenters. The van der Waals surface area contributed by atoms with Crippen molar-refractivity contribution in [2.45, 2.75) is 13.3 Å². The third-order valence-electron chi connectivity index (χ3n) is 2.52. The minimum absolute atomic E-state index is 0.0299. The van der Waals surface area contributed by atoms with Gasteiger partial charge in [0.25, 0.3) is 0 Å². The minimum atomic E-state index is -1.07. The van der Waals surface area contributed by atoms with Crippen molar-refractivity contribution in [2.75, 3.05) is 0 Å². The molecule has 1 heterocycles. The van der Waals surface area contributed by atoms with Crippen LogP contribution in [0.5, 0.6) is 11.5 Å². The molecule has 0 bridgehead atoms. The normalized spacial score (nSPS) is 10.1. The van der Waals surface area contributed by atoms with E-state index in [1.807, 2.05) is 24.3 Å². The maximum absolute atomic E-state index is 10.8. The highest BCUT2D eigenvalue weighted by atomic mass is 16.5. The zero-order valence-electron chi connectivity index (χ0n) is 9.96. The quantitative estimate of drug-likeness (QED) is 0.896. The van der Waals surface area contributed by atoms with Gasteiger partial charge in [-0.25, -0.2) is 9.78 Å². The molecule has 2 aromatic rings. The van der Waals surface area contributed by atoms with Crippen molar-refractivity contribution in [2.24, 2.45) is 0 Å². The van der Waals surface area contributed by atoms with Gasteiger partial charge in [0, 0.05) is 12.3 Å². The molecule has 1 aromatic carbocycles. The Bertz CT molecular complexity index is 549. The Kier molecular flexibility index (Phi) is 3.57. The Morgan fingerprint density at radius 1 is 1.22 bits per heavy atom. The van der Waals surface area contributed by atoms with Crippen LogP contribution < -0.4 is 4.74 Å². The van der Waals surface area contributed by atoms with E-state index in [1.54, 1.807) is 6.07 Å². The number of aryl methyl sites for hydroxylation is 1. The number of hydrogen-bond donors (Lipinski definition) is 1. The number of rotatable bonds is 4. The molecule has 4 heteroatoms. The first-order valence-electron chi connectivity index (χ1n) is 5.65. The van der Waals surface area contributed by atoms with Crippen molar-refractivity contribution in [3.8, 4) is 11.5 Å². The number of aromatic nitrogens is 1. The van der Waals surface area contributed by atoms with Gasteiger partial charge in [0.05, 0.1) is 0 Å². The van der Waals surface area contributed by atoms with Crippen molar-refractivity contribution < 1.29 is 14.6 Å². The highest BCUT2D eigenvalue weighted by molar-refractivity contribution is 5.85. The Hall–Kier alpha value is -2.36. The molecule has 0 aliphatic rings. The molecule has 0 saturated carbocycles. The first-order valence-corrected chi connectivity index (χ1v) is 5.65. The zero-order valence-corrected chi connectivity index (χ0v) is 9.96. The van der Waals surface area contributed by atoms with Gasteiger partial charge in [-0.2, -0.15) is 0 Å². The summed E-state index contributed by atoms with van der Waals surface area (Å²) >= 11 is 0. The average molecular weight is 243 g/mol. The summed E-state index contributed by atoms with van der Waals surface area (Å²) in [5.41, 5.74) is 1.20. The summed E-state index contributed by atoms with van der Waals surface area (Å²) in [6.07, 6.45) is 2.39. The van der Waals surface area contributed by atoms with Crippen LogP contribution in [0.3, 0.4) is 0 Å². The lowest BCUT2D eigenvalue weighted by atomic mass is 10.2. The summed E-state index contributed by atoms with van der Waals surface area (Å²) in [5.74, 6) is 0.0724. The molecule has 0 saturated heterocycles. The highest BCUT2D eigenvalue weighted by Crippen LogP contribution is 2.21. The fourth-order valence-electron chi connectivity index (χ4n) is 1.52. The van der Waals surface area contributed by atoms with Gasteiger partial charge < -0.3 is 9.84 Å². The second-order valence-corrected chi connectivity index (χ2v) is 3.78. The van der Waals surface area contributed by atoms with Gasteiger partial charge in [-0.05, 0) is 30.2 Å². The van der Waals surface area contributed by atoms with Crippen LogP contribution >= 0.6 is 0 Å². The van der Waals surface area contributed by atoms with Gasteiger partial charge in [-0.3, -0.25) is 0 Å². The number of aromatic carboxylic acids is 1. The largest absolute Gasteiger partial charge is 0.477 e. The standard InChI is InChI=1S/C14H13NO3/c1-2-10-3-5-11(6-4-10)18-12-7-8-15-13(9-12)14(16)17/h3-9H,2H2,1H3,(H,16,17). The van der Waals surface area contributed by atoms with E-state index in [1.165, 1.54) is 17.8 Å². The maximum Gasteiger partial charge on any atom is 0.354 e. The van der Waals surface area contributed by atoms with Crippen molar-refractivity contribution in [1.29, 1.82) is 0 Å². The summed E-state index contributed by atoms with van der Waals surface area (Å²) in [6.45, 7) is 2.08. The Balaban J connectivity index is 2.17. The molecule has 4 nitrogen and oxygen atoms in total.